The van der Waals surface area contributed by atoms with Crippen molar-refractivity contribution in [1.82, 2.24) is 5.32 Å². The van der Waals surface area contributed by atoms with Gasteiger partial charge >= 0.3 is 0 Å². The molecule has 2 nitrogen and oxygen atoms in total. The average Bonchev–Trinajstić information content (AvgIpc) is 3.32. The first-order chi connectivity index (χ1) is 13.4. The number of allylic oxidation sites excluding steroid dienone is 1. The minimum absolute atomic E-state index is 0.318. The van der Waals surface area contributed by atoms with Gasteiger partial charge in [-0.2, -0.15) is 0 Å². The molecule has 2 aromatic rings. The molecule has 2 N–H and O–H groups in total. The van der Waals surface area contributed by atoms with Gasteiger partial charge in [0.25, 0.3) is 0 Å². The average molecular weight is 398 g/mol. The number of rotatable bonds is 3. The van der Waals surface area contributed by atoms with Crippen LogP contribution in [0.1, 0.15) is 68.0 Å². The van der Waals surface area contributed by atoms with Crippen LogP contribution in [0.3, 0.4) is 0 Å². The van der Waals surface area contributed by atoms with Crippen molar-refractivity contribution in [3.63, 3.8) is 0 Å². The highest BCUT2D eigenvalue weighted by molar-refractivity contribution is 7.16. The summed E-state index contributed by atoms with van der Waals surface area (Å²) in [5.41, 5.74) is 5.32. The van der Waals surface area contributed by atoms with Gasteiger partial charge in [-0.05, 0) is 86.7 Å². The molecule has 0 bridgehead atoms. The number of thiophene rings is 1. The van der Waals surface area contributed by atoms with E-state index in [1.807, 2.05) is 17.4 Å². The van der Waals surface area contributed by atoms with E-state index in [1.54, 1.807) is 0 Å². The number of benzene rings is 1. The molecule has 3 heteroatoms. The van der Waals surface area contributed by atoms with Crippen molar-refractivity contribution in [2.75, 3.05) is 13.1 Å². The zero-order valence-electron chi connectivity index (χ0n) is 17.9. The lowest BCUT2D eigenvalue weighted by Gasteiger charge is -2.30. The molecule has 0 radical (unpaired) electrons. The Hall–Kier alpha value is -1.58. The van der Waals surface area contributed by atoms with Crippen molar-refractivity contribution in [2.24, 2.45) is 5.41 Å². The molecule has 1 fully saturated rings. The van der Waals surface area contributed by atoms with E-state index in [-0.39, 0.29) is 0 Å². The first-order valence-electron chi connectivity index (χ1n) is 10.7. The Kier molecular flexibility index (Phi) is 7.00. The Morgan fingerprint density at radius 1 is 1.21 bits per heavy atom. The summed E-state index contributed by atoms with van der Waals surface area (Å²) in [7, 11) is 0. The summed E-state index contributed by atoms with van der Waals surface area (Å²) in [5.74, 6) is 0.459. The van der Waals surface area contributed by atoms with Crippen LogP contribution in [-0.2, 0) is 12.8 Å². The number of aliphatic hydroxyl groups is 1. The van der Waals surface area contributed by atoms with Crippen molar-refractivity contribution >= 4 is 17.1 Å². The van der Waals surface area contributed by atoms with E-state index in [2.05, 4.69) is 57.3 Å². The Bertz CT molecular complexity index is 819. The van der Waals surface area contributed by atoms with Crippen molar-refractivity contribution in [3.8, 4) is 10.4 Å². The van der Waals surface area contributed by atoms with E-state index in [1.165, 1.54) is 58.8 Å². The standard InChI is InChI=1S/C21H26OS.C4H9N/c1-5-8-17(22)19-16-13-21(3,4)12-11-18(16)23-20(19)15-10-7-6-9-14(15)2;1-2-4-5-3-1/h6-10,22H,5,11-13H2,1-4H3;5H,1-4H2/b17-8+;. The van der Waals surface area contributed by atoms with Crippen molar-refractivity contribution in [2.45, 2.75) is 66.2 Å². The summed E-state index contributed by atoms with van der Waals surface area (Å²) in [5, 5.41) is 14.0. The SMILES string of the molecule is C1CCNC1.CC/C=C(/O)c1c(-c2ccccc2C)sc2c1CC(C)(C)CC2. The first-order valence-corrected chi connectivity index (χ1v) is 11.6. The topological polar surface area (TPSA) is 32.3 Å². The fourth-order valence-corrected chi connectivity index (χ4v) is 5.55. The highest BCUT2D eigenvalue weighted by Gasteiger charge is 2.31. The van der Waals surface area contributed by atoms with Gasteiger partial charge in [-0.1, -0.05) is 45.0 Å². The lowest BCUT2D eigenvalue weighted by molar-refractivity contribution is 0.317. The molecular weight excluding hydrogens is 362 g/mol. The third kappa shape index (κ3) is 4.87. The zero-order chi connectivity index (χ0) is 20.1. The van der Waals surface area contributed by atoms with Crippen LogP contribution in [0.5, 0.6) is 0 Å². The van der Waals surface area contributed by atoms with Crippen LogP contribution in [0.25, 0.3) is 16.2 Å². The van der Waals surface area contributed by atoms with E-state index >= 15 is 0 Å². The second-order valence-electron chi connectivity index (χ2n) is 8.82. The summed E-state index contributed by atoms with van der Waals surface area (Å²) in [4.78, 5) is 2.71. The van der Waals surface area contributed by atoms with Gasteiger partial charge in [-0.25, -0.2) is 0 Å². The number of hydrogen-bond acceptors (Lipinski definition) is 3. The molecular formula is C25H35NOS. The van der Waals surface area contributed by atoms with Gasteiger partial charge < -0.3 is 10.4 Å². The van der Waals surface area contributed by atoms with Crippen LogP contribution >= 0.6 is 11.3 Å². The molecule has 2 aliphatic rings. The maximum absolute atomic E-state index is 10.7. The highest BCUT2D eigenvalue weighted by Crippen LogP contribution is 2.47. The Morgan fingerprint density at radius 3 is 2.54 bits per heavy atom. The number of hydrogen-bond donors (Lipinski definition) is 2. The molecule has 0 amide bonds. The number of aryl methyl sites for hydroxylation is 2. The van der Waals surface area contributed by atoms with Crippen LogP contribution in [-0.4, -0.2) is 18.2 Å². The molecule has 0 unspecified atom stereocenters. The third-order valence-corrected chi connectivity index (χ3v) is 7.10. The quantitative estimate of drug-likeness (QED) is 0.551. The van der Waals surface area contributed by atoms with Gasteiger partial charge in [-0.3, -0.25) is 0 Å². The normalized spacial score (nSPS) is 18.4. The highest BCUT2D eigenvalue weighted by atomic mass is 32.1. The summed E-state index contributed by atoms with van der Waals surface area (Å²) < 4.78 is 0. The molecule has 152 valence electrons. The summed E-state index contributed by atoms with van der Waals surface area (Å²) in [6.07, 6.45) is 9.00. The number of fused-ring (bicyclic) bond motifs is 1. The molecule has 0 spiro atoms. The van der Waals surface area contributed by atoms with Crippen molar-refractivity contribution in [1.29, 1.82) is 0 Å². The fraction of sp³-hybridized carbons (Fsp3) is 0.520. The van der Waals surface area contributed by atoms with Gasteiger partial charge in [0.1, 0.15) is 5.76 Å². The first kappa shape index (κ1) is 21.1. The van der Waals surface area contributed by atoms with Gasteiger partial charge in [0, 0.05) is 15.3 Å². The summed E-state index contributed by atoms with van der Waals surface area (Å²) in [6.45, 7) is 11.4. The predicted octanol–water partition coefficient (Wildman–Crippen LogP) is 6.92. The number of aliphatic hydroxyl groups excluding tert-OH is 1. The molecule has 1 aliphatic heterocycles. The van der Waals surface area contributed by atoms with Crippen LogP contribution < -0.4 is 5.32 Å². The lowest BCUT2D eigenvalue weighted by Crippen LogP contribution is -2.21. The molecule has 2 heterocycles. The van der Waals surface area contributed by atoms with E-state index in [4.69, 9.17) is 0 Å². The maximum Gasteiger partial charge on any atom is 0.120 e. The van der Waals surface area contributed by atoms with Crippen molar-refractivity contribution in [3.05, 3.63) is 51.9 Å². The number of nitrogens with one attached hydrogen (secondary N) is 1. The summed E-state index contributed by atoms with van der Waals surface area (Å²) in [6, 6.07) is 8.51. The van der Waals surface area contributed by atoms with Gasteiger partial charge in [0.2, 0.25) is 0 Å². The smallest absolute Gasteiger partial charge is 0.120 e. The Balaban J connectivity index is 0.000000391. The molecule has 1 aliphatic carbocycles. The van der Waals surface area contributed by atoms with Crippen LogP contribution in [0.2, 0.25) is 0 Å². The monoisotopic (exact) mass is 397 g/mol. The van der Waals surface area contributed by atoms with E-state index in [0.29, 0.717) is 11.2 Å². The van der Waals surface area contributed by atoms with Gasteiger partial charge in [-0.15, -0.1) is 11.3 Å². The van der Waals surface area contributed by atoms with Gasteiger partial charge in [0.15, 0.2) is 0 Å². The largest absolute Gasteiger partial charge is 0.508 e. The predicted molar refractivity (Wildman–Crippen MR) is 123 cm³/mol. The molecule has 28 heavy (non-hydrogen) atoms. The fourth-order valence-electron chi connectivity index (χ4n) is 4.13. The molecule has 1 aromatic carbocycles. The van der Waals surface area contributed by atoms with E-state index in [9.17, 15) is 5.11 Å². The zero-order valence-corrected chi connectivity index (χ0v) is 18.7. The second kappa shape index (κ2) is 9.28. The minimum atomic E-state index is 0.318. The summed E-state index contributed by atoms with van der Waals surface area (Å²) >= 11 is 1.88. The molecule has 4 rings (SSSR count). The molecule has 0 saturated carbocycles. The molecule has 1 saturated heterocycles. The van der Waals surface area contributed by atoms with E-state index < -0.39 is 0 Å². The van der Waals surface area contributed by atoms with Crippen LogP contribution in [0, 0.1) is 12.3 Å². The van der Waals surface area contributed by atoms with Gasteiger partial charge in [0.05, 0.1) is 0 Å². The minimum Gasteiger partial charge on any atom is -0.508 e. The van der Waals surface area contributed by atoms with Crippen LogP contribution in [0.4, 0.5) is 0 Å². The third-order valence-electron chi connectivity index (χ3n) is 5.78. The lowest BCUT2D eigenvalue weighted by atomic mass is 9.75. The van der Waals surface area contributed by atoms with Crippen LogP contribution in [0.15, 0.2) is 30.3 Å². The maximum atomic E-state index is 10.7. The second-order valence-corrected chi connectivity index (χ2v) is 9.92. The Morgan fingerprint density at radius 2 is 1.93 bits per heavy atom. The molecule has 1 aromatic heterocycles. The van der Waals surface area contributed by atoms with Crippen molar-refractivity contribution < 1.29 is 5.11 Å². The Labute approximate surface area is 174 Å². The van der Waals surface area contributed by atoms with E-state index in [0.717, 1.165) is 24.8 Å². The molecule has 0 atom stereocenters.